The lowest BCUT2D eigenvalue weighted by Gasteiger charge is -2.19. The summed E-state index contributed by atoms with van der Waals surface area (Å²) in [5.74, 6) is -0.0136. The lowest BCUT2D eigenvalue weighted by Crippen LogP contribution is -2.35. The molecule has 0 spiro atoms. The molecule has 0 bridgehead atoms. The third-order valence-corrected chi connectivity index (χ3v) is 4.26. The first-order valence-electron chi connectivity index (χ1n) is 8.22. The van der Waals surface area contributed by atoms with Gasteiger partial charge in [0, 0.05) is 32.5 Å². The van der Waals surface area contributed by atoms with Gasteiger partial charge in [-0.25, -0.2) is 0 Å². The fraction of sp³-hybridized carbons (Fsp3) is 0.556. The van der Waals surface area contributed by atoms with E-state index >= 15 is 0 Å². The molecule has 1 fully saturated rings. The van der Waals surface area contributed by atoms with Crippen molar-refractivity contribution in [3.8, 4) is 0 Å². The third kappa shape index (κ3) is 5.17. The highest BCUT2D eigenvalue weighted by molar-refractivity contribution is 5.85. The first kappa shape index (κ1) is 16.5. The molecule has 120 valence electrons. The van der Waals surface area contributed by atoms with Crippen molar-refractivity contribution in [1.29, 1.82) is 0 Å². The maximum Gasteiger partial charge on any atom is 0.225 e. The van der Waals surface area contributed by atoms with Gasteiger partial charge in [0.1, 0.15) is 0 Å². The molecule has 0 saturated carbocycles. The van der Waals surface area contributed by atoms with E-state index in [1.165, 1.54) is 5.56 Å². The number of likely N-dealkylation sites (tertiary alicyclic amines) is 1. The number of amides is 2. The summed E-state index contributed by atoms with van der Waals surface area (Å²) in [6.07, 6.45) is 5.12. The fourth-order valence-electron chi connectivity index (χ4n) is 2.94. The van der Waals surface area contributed by atoms with E-state index in [0.29, 0.717) is 13.0 Å². The lowest BCUT2D eigenvalue weighted by molar-refractivity contribution is -0.136. The summed E-state index contributed by atoms with van der Waals surface area (Å²) >= 11 is 0. The Hall–Kier alpha value is -1.84. The number of hydrogen-bond acceptors (Lipinski definition) is 2. The van der Waals surface area contributed by atoms with E-state index in [9.17, 15) is 9.59 Å². The van der Waals surface area contributed by atoms with Crippen molar-refractivity contribution >= 4 is 11.8 Å². The molecule has 1 aliphatic heterocycles. The zero-order valence-electron chi connectivity index (χ0n) is 13.4. The summed E-state index contributed by atoms with van der Waals surface area (Å²) in [6.45, 7) is 1.48. The monoisotopic (exact) mass is 302 g/mol. The number of nitrogens with zero attached hydrogens (tertiary/aromatic N) is 1. The smallest absolute Gasteiger partial charge is 0.225 e. The fourth-order valence-corrected chi connectivity index (χ4v) is 2.94. The van der Waals surface area contributed by atoms with Gasteiger partial charge in [-0.05, 0) is 31.2 Å². The SMILES string of the molecule is CN1CCCCC(CC(=O)NCCCc2ccccc2)C1=O. The van der Waals surface area contributed by atoms with Crippen LogP contribution in [0.3, 0.4) is 0 Å². The Balaban J connectivity index is 1.68. The standard InChI is InChI=1S/C18H26N2O2/c1-20-13-6-5-11-16(18(20)22)14-17(21)19-12-7-10-15-8-3-2-4-9-15/h2-4,8-9,16H,5-7,10-14H2,1H3,(H,19,21). The molecule has 4 nitrogen and oxygen atoms in total. The molecule has 1 heterocycles. The molecular weight excluding hydrogens is 276 g/mol. The van der Waals surface area contributed by atoms with Crippen LogP contribution in [0, 0.1) is 5.92 Å². The minimum absolute atomic E-state index is 0.00158. The third-order valence-electron chi connectivity index (χ3n) is 4.26. The Morgan fingerprint density at radius 1 is 1.27 bits per heavy atom. The van der Waals surface area contributed by atoms with Gasteiger partial charge in [0.25, 0.3) is 0 Å². The highest BCUT2D eigenvalue weighted by Gasteiger charge is 2.26. The highest BCUT2D eigenvalue weighted by Crippen LogP contribution is 2.19. The summed E-state index contributed by atoms with van der Waals surface area (Å²) in [5.41, 5.74) is 1.29. The Labute approximate surface area is 132 Å². The van der Waals surface area contributed by atoms with Gasteiger partial charge in [-0.2, -0.15) is 0 Å². The Morgan fingerprint density at radius 2 is 2.05 bits per heavy atom. The second-order valence-electron chi connectivity index (χ2n) is 6.10. The first-order chi connectivity index (χ1) is 10.7. The molecular formula is C18H26N2O2. The minimum atomic E-state index is -0.137. The van der Waals surface area contributed by atoms with Crippen LogP contribution in [0.1, 0.15) is 37.7 Å². The van der Waals surface area contributed by atoms with Crippen LogP contribution < -0.4 is 5.32 Å². The van der Waals surface area contributed by atoms with Crippen molar-refractivity contribution in [2.75, 3.05) is 20.1 Å². The van der Waals surface area contributed by atoms with E-state index in [-0.39, 0.29) is 17.7 Å². The first-order valence-corrected chi connectivity index (χ1v) is 8.22. The van der Waals surface area contributed by atoms with E-state index in [4.69, 9.17) is 0 Å². The van der Waals surface area contributed by atoms with Crippen LogP contribution in [0.4, 0.5) is 0 Å². The van der Waals surface area contributed by atoms with E-state index < -0.39 is 0 Å². The average Bonchev–Trinajstić information content (AvgIpc) is 2.68. The van der Waals surface area contributed by atoms with Crippen LogP contribution in [-0.4, -0.2) is 36.9 Å². The number of aryl methyl sites for hydroxylation is 1. The predicted octanol–water partition coefficient (Wildman–Crippen LogP) is 2.38. The van der Waals surface area contributed by atoms with Crippen molar-refractivity contribution in [3.63, 3.8) is 0 Å². The normalized spacial score (nSPS) is 18.9. The zero-order valence-corrected chi connectivity index (χ0v) is 13.4. The highest BCUT2D eigenvalue weighted by atomic mass is 16.2. The van der Waals surface area contributed by atoms with E-state index in [2.05, 4.69) is 17.4 Å². The summed E-state index contributed by atoms with van der Waals surface area (Å²) < 4.78 is 0. The summed E-state index contributed by atoms with van der Waals surface area (Å²) in [7, 11) is 1.83. The van der Waals surface area contributed by atoms with Crippen LogP contribution >= 0.6 is 0 Å². The van der Waals surface area contributed by atoms with E-state index in [1.807, 2.05) is 25.2 Å². The van der Waals surface area contributed by atoms with Gasteiger partial charge in [-0.3, -0.25) is 9.59 Å². The van der Waals surface area contributed by atoms with Crippen LogP contribution in [0.2, 0.25) is 0 Å². The number of carbonyl (C=O) groups is 2. The second kappa shape index (κ2) is 8.57. The lowest BCUT2D eigenvalue weighted by atomic mass is 9.98. The van der Waals surface area contributed by atoms with E-state index in [0.717, 1.165) is 38.6 Å². The predicted molar refractivity (Wildman–Crippen MR) is 87.4 cm³/mol. The van der Waals surface area contributed by atoms with Crippen molar-refractivity contribution in [2.24, 2.45) is 5.92 Å². The van der Waals surface area contributed by atoms with Gasteiger partial charge >= 0.3 is 0 Å². The molecule has 0 aromatic heterocycles. The summed E-state index contributed by atoms with van der Waals surface area (Å²) in [6, 6.07) is 10.3. The molecule has 4 heteroatoms. The second-order valence-corrected chi connectivity index (χ2v) is 6.10. The quantitative estimate of drug-likeness (QED) is 0.820. The number of benzene rings is 1. The summed E-state index contributed by atoms with van der Waals surface area (Å²) in [5, 5.41) is 2.95. The Morgan fingerprint density at radius 3 is 2.82 bits per heavy atom. The van der Waals surface area contributed by atoms with E-state index in [1.54, 1.807) is 4.90 Å². The van der Waals surface area contributed by atoms with Crippen LogP contribution in [0.5, 0.6) is 0 Å². The van der Waals surface area contributed by atoms with Crippen LogP contribution in [-0.2, 0) is 16.0 Å². The van der Waals surface area contributed by atoms with Gasteiger partial charge in [0.2, 0.25) is 11.8 Å². The van der Waals surface area contributed by atoms with Crippen LogP contribution in [0.25, 0.3) is 0 Å². The maximum atomic E-state index is 12.1. The van der Waals surface area contributed by atoms with Crippen molar-refractivity contribution in [2.45, 2.75) is 38.5 Å². The molecule has 1 saturated heterocycles. The molecule has 1 aromatic carbocycles. The van der Waals surface area contributed by atoms with Crippen LogP contribution in [0.15, 0.2) is 30.3 Å². The summed E-state index contributed by atoms with van der Waals surface area (Å²) in [4.78, 5) is 25.9. The average molecular weight is 302 g/mol. The molecule has 2 amide bonds. The zero-order chi connectivity index (χ0) is 15.8. The largest absolute Gasteiger partial charge is 0.356 e. The molecule has 1 unspecified atom stereocenters. The number of rotatable bonds is 6. The van der Waals surface area contributed by atoms with Gasteiger partial charge in [0.05, 0.1) is 0 Å². The number of carbonyl (C=O) groups excluding carboxylic acids is 2. The molecule has 2 rings (SSSR count). The maximum absolute atomic E-state index is 12.1. The minimum Gasteiger partial charge on any atom is -0.356 e. The topological polar surface area (TPSA) is 49.4 Å². The Bertz CT molecular complexity index is 487. The van der Waals surface area contributed by atoms with Crippen molar-refractivity contribution in [1.82, 2.24) is 10.2 Å². The molecule has 1 N–H and O–H groups in total. The van der Waals surface area contributed by atoms with Crippen molar-refractivity contribution in [3.05, 3.63) is 35.9 Å². The van der Waals surface area contributed by atoms with Gasteiger partial charge in [-0.1, -0.05) is 36.8 Å². The molecule has 1 aromatic rings. The van der Waals surface area contributed by atoms with Gasteiger partial charge in [0.15, 0.2) is 0 Å². The van der Waals surface area contributed by atoms with Gasteiger partial charge in [-0.15, -0.1) is 0 Å². The molecule has 1 aliphatic rings. The molecule has 0 aliphatic carbocycles. The molecule has 0 radical (unpaired) electrons. The molecule has 1 atom stereocenters. The Kier molecular flexibility index (Phi) is 6.44. The molecule has 22 heavy (non-hydrogen) atoms. The van der Waals surface area contributed by atoms with Gasteiger partial charge < -0.3 is 10.2 Å². The number of hydrogen-bond donors (Lipinski definition) is 1. The number of nitrogens with one attached hydrogen (secondary N) is 1. The van der Waals surface area contributed by atoms with Crippen molar-refractivity contribution < 1.29 is 9.59 Å².